The molecule has 7 heteroatoms. The molecule has 0 saturated carbocycles. The molecular formula is C22H28N3O3S+. The Labute approximate surface area is 175 Å². The lowest BCUT2D eigenvalue weighted by molar-refractivity contribution is -0.680. The Morgan fingerprint density at radius 3 is 2.55 bits per heavy atom. The predicted octanol–water partition coefficient (Wildman–Crippen LogP) is 2.65. The number of nitrogens with one attached hydrogen (secondary N) is 2. The molecule has 1 atom stereocenters. The Kier molecular flexibility index (Phi) is 7.06. The fourth-order valence-corrected chi connectivity index (χ4v) is 4.18. The van der Waals surface area contributed by atoms with E-state index in [1.54, 1.807) is 18.3 Å². The monoisotopic (exact) mass is 414 g/mol. The number of amides is 2. The van der Waals surface area contributed by atoms with E-state index in [2.05, 4.69) is 65.5 Å². The van der Waals surface area contributed by atoms with Gasteiger partial charge in [0.2, 0.25) is 0 Å². The minimum absolute atomic E-state index is 0.0824. The van der Waals surface area contributed by atoms with Crippen molar-refractivity contribution in [2.24, 2.45) is 0 Å². The van der Waals surface area contributed by atoms with Crippen LogP contribution in [0.5, 0.6) is 0 Å². The van der Waals surface area contributed by atoms with Gasteiger partial charge in [-0.3, -0.25) is 0 Å². The maximum Gasteiger partial charge on any atom is 0.337 e. The first-order valence-corrected chi connectivity index (χ1v) is 10.8. The molecule has 4 N–H and O–H groups in total. The van der Waals surface area contributed by atoms with Crippen LogP contribution in [0.4, 0.5) is 4.79 Å². The molecule has 1 aromatic carbocycles. The summed E-state index contributed by atoms with van der Waals surface area (Å²) in [6.45, 7) is 7.08. The van der Waals surface area contributed by atoms with E-state index in [1.807, 2.05) is 6.07 Å². The van der Waals surface area contributed by atoms with E-state index in [1.165, 1.54) is 16.0 Å². The van der Waals surface area contributed by atoms with Gasteiger partial charge in [0.05, 0.1) is 29.3 Å². The lowest BCUT2D eigenvalue weighted by Gasteiger charge is -2.22. The Morgan fingerprint density at radius 2 is 1.93 bits per heavy atom. The van der Waals surface area contributed by atoms with E-state index < -0.39 is 5.97 Å². The molecule has 0 unspecified atom stereocenters. The van der Waals surface area contributed by atoms with Crippen LogP contribution in [0.15, 0.2) is 53.0 Å². The average Bonchev–Trinajstić information content (AvgIpc) is 3.23. The van der Waals surface area contributed by atoms with Crippen molar-refractivity contribution in [1.29, 1.82) is 0 Å². The van der Waals surface area contributed by atoms with Crippen molar-refractivity contribution in [3.05, 3.63) is 69.1 Å². The Hall–Kier alpha value is -2.64. The van der Waals surface area contributed by atoms with E-state index in [0.29, 0.717) is 30.3 Å². The van der Waals surface area contributed by atoms with Crippen molar-refractivity contribution < 1.29 is 19.6 Å². The Morgan fingerprint density at radius 1 is 1.21 bits per heavy atom. The largest absolute Gasteiger partial charge is 0.463 e. The summed E-state index contributed by atoms with van der Waals surface area (Å²) < 4.78 is 5.15. The molecule has 3 rings (SSSR count). The zero-order valence-electron chi connectivity index (χ0n) is 17.0. The van der Waals surface area contributed by atoms with Gasteiger partial charge in [0, 0.05) is 5.56 Å². The number of carbonyl (C=O) groups excluding carboxylic acids is 2. The number of urea groups is 1. The molecule has 0 aliphatic carbocycles. The molecule has 29 heavy (non-hydrogen) atoms. The van der Waals surface area contributed by atoms with Crippen LogP contribution in [0.1, 0.15) is 48.7 Å². The third-order valence-corrected chi connectivity index (χ3v) is 5.90. The third kappa shape index (κ3) is 5.25. The van der Waals surface area contributed by atoms with Crippen LogP contribution in [0.3, 0.4) is 0 Å². The second-order valence-corrected chi connectivity index (χ2v) is 8.22. The molecule has 0 fully saturated rings. The van der Waals surface area contributed by atoms with Gasteiger partial charge in [-0.1, -0.05) is 44.2 Å². The molecule has 1 aliphatic rings. The summed E-state index contributed by atoms with van der Waals surface area (Å²) in [5.74, 6) is 0.0906. The van der Waals surface area contributed by atoms with Crippen LogP contribution in [-0.4, -0.2) is 31.7 Å². The van der Waals surface area contributed by atoms with E-state index in [-0.39, 0.29) is 18.6 Å². The lowest BCUT2D eigenvalue weighted by Crippen LogP contribution is -2.86. The predicted molar refractivity (Wildman–Crippen MR) is 114 cm³/mol. The summed E-state index contributed by atoms with van der Waals surface area (Å²) in [6, 6.07) is 12.6. The van der Waals surface area contributed by atoms with Crippen LogP contribution < -0.4 is 16.0 Å². The number of hydrogen-bond donors (Lipinski definition) is 3. The lowest BCUT2D eigenvalue weighted by atomic mass is 9.98. The summed E-state index contributed by atoms with van der Waals surface area (Å²) in [7, 11) is 0. The number of rotatable bonds is 8. The molecule has 0 saturated heterocycles. The van der Waals surface area contributed by atoms with Gasteiger partial charge in [-0.2, -0.15) is 0 Å². The van der Waals surface area contributed by atoms with Crippen molar-refractivity contribution >= 4 is 23.3 Å². The highest BCUT2D eigenvalue weighted by Crippen LogP contribution is 2.24. The fourth-order valence-electron chi connectivity index (χ4n) is 3.33. The van der Waals surface area contributed by atoms with Crippen LogP contribution in [0.25, 0.3) is 0 Å². The zero-order chi connectivity index (χ0) is 20.8. The molecule has 2 aromatic rings. The highest BCUT2D eigenvalue weighted by Gasteiger charge is 2.27. The molecular weight excluding hydrogens is 386 g/mol. The second kappa shape index (κ2) is 9.71. The second-order valence-electron chi connectivity index (χ2n) is 7.24. The summed E-state index contributed by atoms with van der Waals surface area (Å²) >= 11 is 1.70. The number of thiophene rings is 1. The van der Waals surface area contributed by atoms with Crippen molar-refractivity contribution in [1.82, 2.24) is 10.6 Å². The van der Waals surface area contributed by atoms with Crippen LogP contribution in [0.2, 0.25) is 0 Å². The average molecular weight is 415 g/mol. The van der Waals surface area contributed by atoms with Gasteiger partial charge in [-0.15, -0.1) is 11.3 Å². The van der Waals surface area contributed by atoms with E-state index >= 15 is 0 Å². The fraction of sp³-hybridized carbons (Fsp3) is 0.364. The number of esters is 1. The van der Waals surface area contributed by atoms with Crippen LogP contribution in [-0.2, 0) is 9.53 Å². The van der Waals surface area contributed by atoms with E-state index in [4.69, 9.17) is 4.74 Å². The van der Waals surface area contributed by atoms with Gasteiger partial charge in [0.15, 0.2) is 0 Å². The molecule has 154 valence electrons. The van der Waals surface area contributed by atoms with E-state index in [9.17, 15) is 9.59 Å². The van der Waals surface area contributed by atoms with Crippen molar-refractivity contribution in [2.75, 3.05) is 19.7 Å². The topological polar surface area (TPSA) is 84.0 Å². The van der Waals surface area contributed by atoms with Gasteiger partial charge in [-0.25, -0.2) is 9.59 Å². The van der Waals surface area contributed by atoms with Crippen LogP contribution in [0, 0.1) is 0 Å². The molecule has 0 radical (unpaired) electrons. The highest BCUT2D eigenvalue weighted by atomic mass is 32.1. The normalized spacial score (nSPS) is 15.1. The molecule has 0 bridgehead atoms. The summed E-state index contributed by atoms with van der Waals surface area (Å²) in [6.07, 6.45) is 0. The highest BCUT2D eigenvalue weighted by molar-refractivity contribution is 7.10. The molecule has 0 spiro atoms. The number of quaternary nitrogens is 1. The quantitative estimate of drug-likeness (QED) is 0.581. The van der Waals surface area contributed by atoms with Crippen molar-refractivity contribution in [2.45, 2.75) is 32.7 Å². The first-order chi connectivity index (χ1) is 14.0. The number of benzene rings is 1. The summed E-state index contributed by atoms with van der Waals surface area (Å²) in [5, 5.41) is 9.64. The molecule has 2 heterocycles. The minimum Gasteiger partial charge on any atom is -0.463 e. The maximum absolute atomic E-state index is 12.3. The molecule has 1 aliphatic heterocycles. The summed E-state index contributed by atoms with van der Waals surface area (Å²) in [5.41, 5.74) is 3.57. The first-order valence-electron chi connectivity index (χ1n) is 9.90. The van der Waals surface area contributed by atoms with Gasteiger partial charge in [0.1, 0.15) is 12.6 Å². The smallest absolute Gasteiger partial charge is 0.337 e. The summed E-state index contributed by atoms with van der Waals surface area (Å²) in [4.78, 5) is 25.3. The molecule has 6 nitrogen and oxygen atoms in total. The molecule has 2 amide bonds. The van der Waals surface area contributed by atoms with Crippen molar-refractivity contribution in [3.8, 4) is 0 Å². The SMILES string of the molecule is CCOC(=O)C1=C(C[NH2+][C@@H](c2ccc(C(C)C)cc2)c2cccs2)NC(=O)NC1. The number of hydrogen-bond acceptors (Lipinski definition) is 4. The number of ether oxygens (including phenoxy) is 1. The molecule has 1 aromatic heterocycles. The van der Waals surface area contributed by atoms with Gasteiger partial charge in [0.25, 0.3) is 0 Å². The zero-order valence-corrected chi connectivity index (χ0v) is 17.8. The Balaban J connectivity index is 1.84. The van der Waals surface area contributed by atoms with Crippen LogP contribution >= 0.6 is 11.3 Å². The van der Waals surface area contributed by atoms with E-state index in [0.717, 1.165) is 0 Å². The minimum atomic E-state index is -0.391. The van der Waals surface area contributed by atoms with Gasteiger partial charge >= 0.3 is 12.0 Å². The maximum atomic E-state index is 12.3. The van der Waals surface area contributed by atoms with Gasteiger partial charge in [-0.05, 0) is 29.9 Å². The number of nitrogens with two attached hydrogens (primary N) is 1. The first kappa shape index (κ1) is 21.1. The number of carbonyl (C=O) groups is 2. The van der Waals surface area contributed by atoms with Gasteiger partial charge < -0.3 is 20.7 Å². The Bertz CT molecular complexity index is 873. The third-order valence-electron chi connectivity index (χ3n) is 4.95. The standard InChI is InChI=1S/C22H27N3O3S/c1-4-28-21(26)17-12-24-22(27)25-18(17)13-23-20(19-6-5-11-29-19)16-9-7-15(8-10-16)14(2)3/h5-11,14,20,23H,4,12-13H2,1-3H3,(H2,24,25,27)/p+1/t20-/m0/s1. The van der Waals surface area contributed by atoms with Crippen molar-refractivity contribution in [3.63, 3.8) is 0 Å².